The third-order valence-electron chi connectivity index (χ3n) is 4.69. The maximum Gasteiger partial charge on any atom is 0.401 e. The Morgan fingerprint density at radius 1 is 1.32 bits per heavy atom. The molecule has 1 heterocycles. The highest BCUT2D eigenvalue weighted by atomic mass is 19.4. The fourth-order valence-corrected chi connectivity index (χ4v) is 3.27. The summed E-state index contributed by atoms with van der Waals surface area (Å²) in [6.45, 7) is 6.03. The topological polar surface area (TPSA) is 48.9 Å². The molecule has 1 saturated heterocycles. The van der Waals surface area contributed by atoms with Gasteiger partial charge in [-0.05, 0) is 43.9 Å². The summed E-state index contributed by atoms with van der Waals surface area (Å²) >= 11 is 0. The van der Waals surface area contributed by atoms with Gasteiger partial charge in [0.2, 0.25) is 0 Å². The molecule has 0 saturated carbocycles. The fourth-order valence-electron chi connectivity index (χ4n) is 3.27. The lowest BCUT2D eigenvalue weighted by molar-refractivity contribution is -0.143. The van der Waals surface area contributed by atoms with Crippen LogP contribution >= 0.6 is 0 Å². The number of nitrogens with one attached hydrogen (secondary N) is 2. The van der Waals surface area contributed by atoms with Gasteiger partial charge in [0, 0.05) is 32.2 Å². The Morgan fingerprint density at radius 3 is 2.79 bits per heavy atom. The molecule has 1 atom stereocenters. The monoisotopic (exact) mass is 400 g/mol. The van der Waals surface area contributed by atoms with Gasteiger partial charge in [-0.25, -0.2) is 0 Å². The second kappa shape index (κ2) is 10.5. The molecule has 1 aliphatic rings. The standard InChI is InChI=1S/C20H31F3N4O/c1-4-9-28-18-10-15(2)5-6-17(18)12-26-19(24-3)25-11-16-7-8-27(13-16)14-20(21,22)23/h5-6,10,16H,4,7-9,11-14H2,1-3H3,(H2,24,25,26). The summed E-state index contributed by atoms with van der Waals surface area (Å²) in [4.78, 5) is 5.68. The average Bonchev–Trinajstić information content (AvgIpc) is 3.06. The summed E-state index contributed by atoms with van der Waals surface area (Å²) < 4.78 is 43.3. The van der Waals surface area contributed by atoms with Crippen LogP contribution in [-0.4, -0.2) is 56.9 Å². The minimum absolute atomic E-state index is 0.184. The average molecular weight is 400 g/mol. The largest absolute Gasteiger partial charge is 0.493 e. The van der Waals surface area contributed by atoms with Crippen molar-refractivity contribution in [1.82, 2.24) is 15.5 Å². The zero-order chi connectivity index (χ0) is 20.6. The van der Waals surface area contributed by atoms with Crippen molar-refractivity contribution >= 4 is 5.96 Å². The smallest absolute Gasteiger partial charge is 0.401 e. The van der Waals surface area contributed by atoms with E-state index in [1.165, 1.54) is 4.90 Å². The van der Waals surface area contributed by atoms with Gasteiger partial charge >= 0.3 is 6.18 Å². The Balaban J connectivity index is 1.81. The van der Waals surface area contributed by atoms with Crippen LogP contribution in [0, 0.1) is 12.8 Å². The third kappa shape index (κ3) is 7.58. The first-order chi connectivity index (χ1) is 13.3. The number of ether oxygens (including phenoxy) is 1. The van der Waals surface area contributed by atoms with E-state index < -0.39 is 12.7 Å². The Bertz CT molecular complexity index is 649. The molecule has 0 spiro atoms. The number of hydrogen-bond donors (Lipinski definition) is 2. The molecule has 2 rings (SSSR count). The fraction of sp³-hybridized carbons (Fsp3) is 0.650. The number of alkyl halides is 3. The van der Waals surface area contributed by atoms with Crippen molar-refractivity contribution in [3.8, 4) is 5.75 Å². The summed E-state index contributed by atoms with van der Waals surface area (Å²) in [7, 11) is 1.68. The van der Waals surface area contributed by atoms with Crippen molar-refractivity contribution < 1.29 is 17.9 Å². The predicted octanol–water partition coefficient (Wildman–Crippen LogP) is 3.33. The summed E-state index contributed by atoms with van der Waals surface area (Å²) in [5.74, 6) is 1.68. The lowest BCUT2D eigenvalue weighted by atomic mass is 10.1. The number of rotatable bonds is 8. The van der Waals surface area contributed by atoms with E-state index in [9.17, 15) is 13.2 Å². The van der Waals surface area contributed by atoms with E-state index in [2.05, 4.69) is 22.5 Å². The van der Waals surface area contributed by atoms with Crippen LogP contribution in [0.25, 0.3) is 0 Å². The number of hydrogen-bond acceptors (Lipinski definition) is 3. The maximum absolute atomic E-state index is 12.5. The van der Waals surface area contributed by atoms with E-state index in [-0.39, 0.29) is 5.92 Å². The lowest BCUT2D eigenvalue weighted by Crippen LogP contribution is -2.40. The van der Waals surface area contributed by atoms with Gasteiger partial charge in [0.05, 0.1) is 13.2 Å². The third-order valence-corrected chi connectivity index (χ3v) is 4.69. The van der Waals surface area contributed by atoms with Crippen molar-refractivity contribution in [2.75, 3.05) is 39.8 Å². The van der Waals surface area contributed by atoms with E-state index in [1.807, 2.05) is 25.1 Å². The molecule has 0 radical (unpaired) electrons. The second-order valence-electron chi connectivity index (χ2n) is 7.27. The zero-order valence-corrected chi connectivity index (χ0v) is 16.9. The van der Waals surface area contributed by atoms with Gasteiger partial charge in [0.15, 0.2) is 5.96 Å². The number of aryl methyl sites for hydroxylation is 1. The van der Waals surface area contributed by atoms with Gasteiger partial charge in [-0.3, -0.25) is 9.89 Å². The number of guanidine groups is 1. The van der Waals surface area contributed by atoms with E-state index in [1.54, 1.807) is 7.05 Å². The van der Waals surface area contributed by atoms with E-state index >= 15 is 0 Å². The molecule has 1 fully saturated rings. The summed E-state index contributed by atoms with van der Waals surface area (Å²) in [5.41, 5.74) is 2.18. The molecule has 28 heavy (non-hydrogen) atoms. The number of likely N-dealkylation sites (tertiary alicyclic amines) is 1. The van der Waals surface area contributed by atoms with Crippen LogP contribution in [0.1, 0.15) is 30.9 Å². The highest BCUT2D eigenvalue weighted by Crippen LogP contribution is 2.23. The minimum Gasteiger partial charge on any atom is -0.493 e. The maximum atomic E-state index is 12.5. The Labute approximate surface area is 165 Å². The highest BCUT2D eigenvalue weighted by molar-refractivity contribution is 5.79. The zero-order valence-electron chi connectivity index (χ0n) is 16.9. The van der Waals surface area contributed by atoms with Crippen molar-refractivity contribution in [1.29, 1.82) is 0 Å². The van der Waals surface area contributed by atoms with Crippen LogP contribution in [0.5, 0.6) is 5.75 Å². The molecule has 0 aromatic heterocycles. The van der Waals surface area contributed by atoms with Gasteiger partial charge in [-0.2, -0.15) is 13.2 Å². The first kappa shape index (κ1) is 22.3. The van der Waals surface area contributed by atoms with Crippen LogP contribution in [0.3, 0.4) is 0 Å². The van der Waals surface area contributed by atoms with Crippen LogP contribution in [0.15, 0.2) is 23.2 Å². The Morgan fingerprint density at radius 2 is 2.11 bits per heavy atom. The van der Waals surface area contributed by atoms with Crippen LogP contribution < -0.4 is 15.4 Å². The molecule has 0 bridgehead atoms. The number of benzene rings is 1. The molecule has 1 unspecified atom stereocenters. The highest BCUT2D eigenvalue weighted by Gasteiger charge is 2.34. The normalized spacial score (nSPS) is 18.4. The molecular weight excluding hydrogens is 369 g/mol. The molecule has 1 aromatic carbocycles. The van der Waals surface area contributed by atoms with Gasteiger partial charge < -0.3 is 15.4 Å². The van der Waals surface area contributed by atoms with Crippen LogP contribution in [0.2, 0.25) is 0 Å². The van der Waals surface area contributed by atoms with Crippen molar-refractivity contribution in [3.05, 3.63) is 29.3 Å². The van der Waals surface area contributed by atoms with Gasteiger partial charge in [0.1, 0.15) is 5.75 Å². The minimum atomic E-state index is -4.13. The Kier molecular flexibility index (Phi) is 8.41. The molecular formula is C20H31F3N4O. The molecule has 1 aromatic rings. The SMILES string of the molecule is CCCOc1cc(C)ccc1CNC(=NC)NCC1CCN(CC(F)(F)F)C1. The van der Waals surface area contributed by atoms with Crippen molar-refractivity contribution in [2.45, 2.75) is 39.4 Å². The first-order valence-corrected chi connectivity index (χ1v) is 9.76. The van der Waals surface area contributed by atoms with Gasteiger partial charge in [-0.1, -0.05) is 19.1 Å². The number of aliphatic imine (C=N–C) groups is 1. The summed E-state index contributed by atoms with van der Waals surface area (Å²) in [6.07, 6.45) is -2.44. The molecule has 0 amide bonds. The van der Waals surface area contributed by atoms with Crippen molar-refractivity contribution in [2.24, 2.45) is 10.9 Å². The summed E-state index contributed by atoms with van der Waals surface area (Å²) in [5, 5.41) is 6.49. The second-order valence-corrected chi connectivity index (χ2v) is 7.27. The molecule has 5 nitrogen and oxygen atoms in total. The van der Waals surface area contributed by atoms with E-state index in [4.69, 9.17) is 4.74 Å². The van der Waals surface area contributed by atoms with E-state index in [0.717, 1.165) is 29.7 Å². The van der Waals surface area contributed by atoms with Crippen LogP contribution in [0.4, 0.5) is 13.2 Å². The number of nitrogens with zero attached hydrogens (tertiary/aromatic N) is 2. The van der Waals surface area contributed by atoms with E-state index in [0.29, 0.717) is 38.7 Å². The van der Waals surface area contributed by atoms with Crippen LogP contribution in [-0.2, 0) is 6.54 Å². The molecule has 2 N–H and O–H groups in total. The lowest BCUT2D eigenvalue weighted by Gasteiger charge is -2.19. The predicted molar refractivity (Wildman–Crippen MR) is 106 cm³/mol. The summed E-state index contributed by atoms with van der Waals surface area (Å²) in [6, 6.07) is 6.10. The molecule has 8 heteroatoms. The Hall–Kier alpha value is -1.96. The molecule has 158 valence electrons. The molecule has 0 aliphatic carbocycles. The quantitative estimate of drug-likeness (QED) is 0.519. The molecule has 1 aliphatic heterocycles. The van der Waals surface area contributed by atoms with Gasteiger partial charge in [0.25, 0.3) is 0 Å². The van der Waals surface area contributed by atoms with Gasteiger partial charge in [-0.15, -0.1) is 0 Å². The first-order valence-electron chi connectivity index (χ1n) is 9.76. The number of halogens is 3. The van der Waals surface area contributed by atoms with Crippen molar-refractivity contribution in [3.63, 3.8) is 0 Å².